The van der Waals surface area contributed by atoms with Crippen molar-refractivity contribution in [2.24, 2.45) is 0 Å². The Morgan fingerprint density at radius 1 is 0.971 bits per heavy atom. The molecule has 1 aromatic heterocycles. The van der Waals surface area contributed by atoms with Gasteiger partial charge in [0.1, 0.15) is 11.6 Å². The summed E-state index contributed by atoms with van der Waals surface area (Å²) in [7, 11) is 3.34. The minimum Gasteiger partial charge on any atom is -0.484 e. The average Bonchev–Trinajstić information content (AvgIpc) is 3.21. The Morgan fingerprint density at radius 2 is 1.68 bits per heavy atom. The number of hydrogen-bond acceptors (Lipinski definition) is 3. The Bertz CT molecular complexity index is 1300. The van der Waals surface area contributed by atoms with Crippen LogP contribution in [0.1, 0.15) is 12.0 Å². The fraction of sp³-hybridized carbons (Fsp3) is 0.185. The molecule has 2 amide bonds. The van der Waals surface area contributed by atoms with Crippen molar-refractivity contribution >= 4 is 28.4 Å². The summed E-state index contributed by atoms with van der Waals surface area (Å²) in [6.07, 6.45) is 0.808. The molecular formula is C27H26FN3O3. The summed E-state index contributed by atoms with van der Waals surface area (Å²) in [6, 6.07) is 21.2. The highest BCUT2D eigenvalue weighted by molar-refractivity contribution is 5.94. The quantitative estimate of drug-likeness (QED) is 0.389. The van der Waals surface area contributed by atoms with Gasteiger partial charge in [-0.3, -0.25) is 9.59 Å². The average molecular weight is 460 g/mol. The first-order valence-electron chi connectivity index (χ1n) is 11.0. The second-order valence-corrected chi connectivity index (χ2v) is 8.18. The highest BCUT2D eigenvalue weighted by Gasteiger charge is 2.15. The summed E-state index contributed by atoms with van der Waals surface area (Å²) in [5, 5.41) is 3.94. The molecule has 0 atom stereocenters. The fourth-order valence-electron chi connectivity index (χ4n) is 3.69. The number of para-hydroxylation sites is 1. The molecule has 7 heteroatoms. The molecule has 0 radical (unpaired) electrons. The van der Waals surface area contributed by atoms with Crippen molar-refractivity contribution in [2.75, 3.05) is 26.0 Å². The number of amides is 2. The molecule has 34 heavy (non-hydrogen) atoms. The number of carbonyl (C=O) groups is 2. The first kappa shape index (κ1) is 23.0. The number of nitrogens with zero attached hydrogens (tertiary/aromatic N) is 1. The maximum atomic E-state index is 13.4. The monoisotopic (exact) mass is 459 g/mol. The van der Waals surface area contributed by atoms with Crippen LogP contribution in [0.2, 0.25) is 0 Å². The number of ether oxygens (including phenoxy) is 1. The van der Waals surface area contributed by atoms with Crippen LogP contribution in [-0.4, -0.2) is 42.4 Å². The Morgan fingerprint density at radius 3 is 2.38 bits per heavy atom. The van der Waals surface area contributed by atoms with Crippen molar-refractivity contribution in [1.82, 2.24) is 9.88 Å². The second kappa shape index (κ2) is 10.2. The van der Waals surface area contributed by atoms with Gasteiger partial charge in [-0.05, 0) is 72.1 Å². The molecule has 4 aromatic rings. The molecule has 6 nitrogen and oxygen atoms in total. The van der Waals surface area contributed by atoms with Gasteiger partial charge >= 0.3 is 0 Å². The number of carbonyl (C=O) groups excluding carboxylic acids is 2. The minimum atomic E-state index is -0.290. The van der Waals surface area contributed by atoms with Gasteiger partial charge in [0.2, 0.25) is 5.91 Å². The maximum Gasteiger partial charge on any atom is 0.259 e. The van der Waals surface area contributed by atoms with Gasteiger partial charge in [-0.25, -0.2) is 4.39 Å². The number of anilines is 1. The maximum absolute atomic E-state index is 13.4. The van der Waals surface area contributed by atoms with Crippen LogP contribution in [0.4, 0.5) is 10.1 Å². The van der Waals surface area contributed by atoms with Crippen LogP contribution in [0, 0.1) is 5.82 Å². The molecule has 0 aliphatic carbocycles. The van der Waals surface area contributed by atoms with Crippen molar-refractivity contribution in [2.45, 2.75) is 12.8 Å². The Kier molecular flexibility index (Phi) is 6.92. The molecule has 0 spiro atoms. The minimum absolute atomic E-state index is 0.0419. The van der Waals surface area contributed by atoms with Crippen LogP contribution in [0.25, 0.3) is 22.2 Å². The molecule has 0 saturated heterocycles. The van der Waals surface area contributed by atoms with Gasteiger partial charge in [0.25, 0.3) is 5.91 Å². The van der Waals surface area contributed by atoms with E-state index in [4.69, 9.17) is 4.74 Å². The molecule has 0 aliphatic rings. The van der Waals surface area contributed by atoms with E-state index in [0.717, 1.165) is 27.7 Å². The summed E-state index contributed by atoms with van der Waals surface area (Å²) in [4.78, 5) is 29.2. The molecule has 0 unspecified atom stereocenters. The number of aromatic nitrogens is 1. The van der Waals surface area contributed by atoms with Crippen LogP contribution in [0.15, 0.2) is 72.8 Å². The van der Waals surface area contributed by atoms with Crippen LogP contribution in [-0.2, 0) is 16.0 Å². The lowest BCUT2D eigenvalue weighted by Crippen LogP contribution is -2.27. The van der Waals surface area contributed by atoms with Crippen LogP contribution in [0.5, 0.6) is 5.75 Å². The highest BCUT2D eigenvalue weighted by atomic mass is 19.1. The van der Waals surface area contributed by atoms with Gasteiger partial charge in [-0.1, -0.05) is 18.2 Å². The summed E-state index contributed by atoms with van der Waals surface area (Å²) >= 11 is 0. The lowest BCUT2D eigenvalue weighted by molar-refractivity contribution is -0.130. The number of fused-ring (bicyclic) bond motifs is 1. The highest BCUT2D eigenvalue weighted by Crippen LogP contribution is 2.31. The van der Waals surface area contributed by atoms with Crippen LogP contribution in [0.3, 0.4) is 0 Å². The van der Waals surface area contributed by atoms with E-state index >= 15 is 0 Å². The molecule has 0 saturated carbocycles. The SMILES string of the molecule is CN(C)C(=O)COc1ccc(NC(=O)CCc2c(-c3ccc(F)cc3)[nH]c3ccccc23)cc1. The van der Waals surface area contributed by atoms with Crippen LogP contribution >= 0.6 is 0 Å². The first-order chi connectivity index (χ1) is 16.4. The van der Waals surface area contributed by atoms with E-state index in [1.54, 1.807) is 50.5 Å². The standard InChI is InChI=1S/C27H26FN3O3/c1-31(2)26(33)17-34-21-13-11-20(12-14-21)29-25(32)16-15-23-22-5-3-4-6-24(22)30-27(23)18-7-9-19(28)10-8-18/h3-14,30H,15-17H2,1-2H3,(H,29,32). The third kappa shape index (κ3) is 5.43. The molecule has 0 fully saturated rings. The third-order valence-electron chi connectivity index (χ3n) is 5.55. The van der Waals surface area contributed by atoms with E-state index in [9.17, 15) is 14.0 Å². The second-order valence-electron chi connectivity index (χ2n) is 8.18. The molecule has 0 bridgehead atoms. The number of H-pyrrole nitrogens is 1. The summed E-state index contributed by atoms with van der Waals surface area (Å²) in [5.74, 6) is 0.0129. The van der Waals surface area contributed by atoms with Crippen molar-refractivity contribution < 1.29 is 18.7 Å². The molecular weight excluding hydrogens is 433 g/mol. The number of nitrogens with one attached hydrogen (secondary N) is 2. The van der Waals surface area contributed by atoms with Crippen molar-refractivity contribution in [3.63, 3.8) is 0 Å². The smallest absolute Gasteiger partial charge is 0.259 e. The summed E-state index contributed by atoms with van der Waals surface area (Å²) in [5.41, 5.74) is 4.40. The van der Waals surface area contributed by atoms with Gasteiger partial charge in [0.15, 0.2) is 6.61 Å². The fourth-order valence-corrected chi connectivity index (χ4v) is 3.69. The summed E-state index contributed by atoms with van der Waals surface area (Å²) < 4.78 is 18.9. The zero-order valence-corrected chi connectivity index (χ0v) is 19.1. The normalized spacial score (nSPS) is 10.8. The summed E-state index contributed by atoms with van der Waals surface area (Å²) in [6.45, 7) is -0.0419. The van der Waals surface area contributed by atoms with E-state index in [1.807, 2.05) is 24.3 Å². The number of benzene rings is 3. The molecule has 174 valence electrons. The van der Waals surface area contributed by atoms with E-state index < -0.39 is 0 Å². The zero-order valence-electron chi connectivity index (χ0n) is 19.1. The molecule has 0 aliphatic heterocycles. The number of aromatic amines is 1. The Labute approximate surface area is 197 Å². The van der Waals surface area contributed by atoms with Gasteiger partial charge in [-0.15, -0.1) is 0 Å². The molecule has 1 heterocycles. The number of halogens is 1. The van der Waals surface area contributed by atoms with E-state index in [1.165, 1.54) is 17.0 Å². The lowest BCUT2D eigenvalue weighted by Gasteiger charge is -2.12. The van der Waals surface area contributed by atoms with Gasteiger partial charge in [-0.2, -0.15) is 0 Å². The molecule has 2 N–H and O–H groups in total. The zero-order chi connectivity index (χ0) is 24.1. The van der Waals surface area contributed by atoms with E-state index in [0.29, 0.717) is 17.9 Å². The molecule has 3 aromatic carbocycles. The predicted octanol–water partition coefficient (Wildman–Crippen LogP) is 5.01. The predicted molar refractivity (Wildman–Crippen MR) is 131 cm³/mol. The van der Waals surface area contributed by atoms with Gasteiger partial charge in [0.05, 0.1) is 0 Å². The van der Waals surface area contributed by atoms with E-state index in [2.05, 4.69) is 10.3 Å². The first-order valence-corrected chi connectivity index (χ1v) is 11.0. The van der Waals surface area contributed by atoms with Crippen molar-refractivity contribution in [3.05, 3.63) is 84.2 Å². The number of hydrogen-bond donors (Lipinski definition) is 2. The Balaban J connectivity index is 1.42. The van der Waals surface area contributed by atoms with E-state index in [-0.39, 0.29) is 30.7 Å². The van der Waals surface area contributed by atoms with Gasteiger partial charge < -0.3 is 19.9 Å². The largest absolute Gasteiger partial charge is 0.484 e. The number of rotatable bonds is 8. The topological polar surface area (TPSA) is 74.4 Å². The Hall–Kier alpha value is -4.13. The third-order valence-corrected chi connectivity index (χ3v) is 5.55. The number of likely N-dealkylation sites (N-methyl/N-ethyl adjacent to an activating group) is 1. The van der Waals surface area contributed by atoms with Crippen LogP contribution < -0.4 is 10.1 Å². The molecule has 4 rings (SSSR count). The van der Waals surface area contributed by atoms with Gasteiger partial charge in [0, 0.05) is 42.8 Å². The van der Waals surface area contributed by atoms with Crippen molar-refractivity contribution in [3.8, 4) is 17.0 Å². The number of aryl methyl sites for hydroxylation is 1. The van der Waals surface area contributed by atoms with Crippen molar-refractivity contribution in [1.29, 1.82) is 0 Å². The lowest BCUT2D eigenvalue weighted by atomic mass is 10.0.